The molecular formula is C15H20O3. The molecule has 0 aromatic rings. The van der Waals surface area contributed by atoms with Gasteiger partial charge in [0.25, 0.3) is 0 Å². The molecule has 1 aliphatic heterocycles. The Balaban J connectivity index is 2.26. The monoisotopic (exact) mass is 248 g/mol. The standard InChI is InChI=1S/C15H20O3/c1-10-4-3-5-12(9-16)8-14-13(7-6-10)11(2)15(17)18-14/h4,8,13-14,16H,2-3,5-7,9H2,1H3. The highest BCUT2D eigenvalue weighted by molar-refractivity contribution is 5.91. The van der Waals surface area contributed by atoms with Crippen LogP contribution in [0.1, 0.15) is 32.6 Å². The van der Waals surface area contributed by atoms with Crippen molar-refractivity contribution in [2.75, 3.05) is 6.61 Å². The highest BCUT2D eigenvalue weighted by atomic mass is 16.5. The lowest BCUT2D eigenvalue weighted by Crippen LogP contribution is -2.16. The molecule has 1 aliphatic carbocycles. The lowest BCUT2D eigenvalue weighted by atomic mass is 9.88. The average molecular weight is 248 g/mol. The first-order valence-electron chi connectivity index (χ1n) is 6.47. The normalized spacial score (nSPS) is 29.2. The maximum absolute atomic E-state index is 11.6. The molecule has 2 unspecified atom stereocenters. The van der Waals surface area contributed by atoms with Gasteiger partial charge in [0, 0.05) is 11.5 Å². The Bertz CT molecular complexity index is 417. The van der Waals surface area contributed by atoms with E-state index in [-0.39, 0.29) is 24.6 Å². The van der Waals surface area contributed by atoms with Crippen molar-refractivity contribution in [1.82, 2.24) is 0 Å². The van der Waals surface area contributed by atoms with E-state index in [2.05, 4.69) is 19.6 Å². The average Bonchev–Trinajstić information content (AvgIpc) is 2.61. The summed E-state index contributed by atoms with van der Waals surface area (Å²) in [5, 5.41) is 9.34. The molecule has 0 bridgehead atoms. The van der Waals surface area contributed by atoms with Gasteiger partial charge in [-0.2, -0.15) is 0 Å². The lowest BCUT2D eigenvalue weighted by molar-refractivity contribution is -0.137. The van der Waals surface area contributed by atoms with Gasteiger partial charge in [0.05, 0.1) is 6.61 Å². The summed E-state index contributed by atoms with van der Waals surface area (Å²) in [5.41, 5.74) is 2.85. The van der Waals surface area contributed by atoms with Crippen molar-refractivity contribution >= 4 is 5.97 Å². The molecule has 1 fully saturated rings. The van der Waals surface area contributed by atoms with Crippen molar-refractivity contribution in [3.05, 3.63) is 35.5 Å². The van der Waals surface area contributed by atoms with Gasteiger partial charge in [-0.1, -0.05) is 18.2 Å². The van der Waals surface area contributed by atoms with Crippen LogP contribution in [-0.4, -0.2) is 23.8 Å². The van der Waals surface area contributed by atoms with E-state index in [1.807, 2.05) is 6.08 Å². The molecule has 98 valence electrons. The number of aliphatic hydroxyl groups excluding tert-OH is 1. The molecule has 0 saturated carbocycles. The minimum absolute atomic E-state index is 0.0279. The third kappa shape index (κ3) is 2.72. The van der Waals surface area contributed by atoms with Gasteiger partial charge >= 0.3 is 5.97 Å². The third-order valence-corrected chi connectivity index (χ3v) is 3.76. The Morgan fingerprint density at radius 1 is 1.50 bits per heavy atom. The van der Waals surface area contributed by atoms with Crippen molar-refractivity contribution in [3.63, 3.8) is 0 Å². The molecule has 3 nitrogen and oxygen atoms in total. The van der Waals surface area contributed by atoms with E-state index in [0.29, 0.717) is 5.57 Å². The molecule has 2 aliphatic rings. The molecule has 1 N–H and O–H groups in total. The van der Waals surface area contributed by atoms with E-state index in [4.69, 9.17) is 4.74 Å². The van der Waals surface area contributed by atoms with Gasteiger partial charge in [-0.05, 0) is 44.3 Å². The number of ether oxygens (including phenoxy) is 1. The molecule has 1 heterocycles. The summed E-state index contributed by atoms with van der Waals surface area (Å²) in [6.45, 7) is 5.97. The van der Waals surface area contributed by atoms with Crippen LogP contribution in [0.5, 0.6) is 0 Å². The second-order valence-electron chi connectivity index (χ2n) is 5.11. The Morgan fingerprint density at radius 2 is 2.28 bits per heavy atom. The first-order valence-corrected chi connectivity index (χ1v) is 6.47. The minimum atomic E-state index is -0.292. The zero-order chi connectivity index (χ0) is 13.1. The quantitative estimate of drug-likeness (QED) is 0.440. The Hall–Kier alpha value is -1.35. The summed E-state index contributed by atoms with van der Waals surface area (Å²) in [6.07, 6.45) is 7.50. The fourth-order valence-corrected chi connectivity index (χ4v) is 2.56. The van der Waals surface area contributed by atoms with Crippen LogP contribution in [0.15, 0.2) is 35.5 Å². The number of carbonyl (C=O) groups excluding carboxylic acids is 1. The van der Waals surface area contributed by atoms with Crippen molar-refractivity contribution in [3.8, 4) is 0 Å². The second-order valence-corrected chi connectivity index (χ2v) is 5.11. The summed E-state index contributed by atoms with van der Waals surface area (Å²) in [4.78, 5) is 11.6. The molecule has 0 amide bonds. The van der Waals surface area contributed by atoms with Crippen LogP contribution in [0.3, 0.4) is 0 Å². The third-order valence-electron chi connectivity index (χ3n) is 3.76. The number of esters is 1. The van der Waals surface area contributed by atoms with Gasteiger partial charge in [0.1, 0.15) is 6.10 Å². The number of fused-ring (bicyclic) bond motifs is 1. The summed E-state index contributed by atoms with van der Waals surface area (Å²) >= 11 is 0. The Labute approximate surface area is 108 Å². The van der Waals surface area contributed by atoms with E-state index < -0.39 is 0 Å². The van der Waals surface area contributed by atoms with Crippen LogP contribution in [0.2, 0.25) is 0 Å². The van der Waals surface area contributed by atoms with Gasteiger partial charge in [0.2, 0.25) is 0 Å². The summed E-state index contributed by atoms with van der Waals surface area (Å²) in [6, 6.07) is 0. The maximum Gasteiger partial charge on any atom is 0.334 e. The highest BCUT2D eigenvalue weighted by Gasteiger charge is 2.37. The van der Waals surface area contributed by atoms with E-state index in [1.165, 1.54) is 5.57 Å². The fraction of sp³-hybridized carbons (Fsp3) is 0.533. The van der Waals surface area contributed by atoms with E-state index in [9.17, 15) is 9.90 Å². The predicted octanol–water partition coefficient (Wildman–Crippen LogP) is 2.52. The zero-order valence-electron chi connectivity index (χ0n) is 10.8. The number of aliphatic hydroxyl groups is 1. The molecule has 0 aromatic heterocycles. The summed E-state index contributed by atoms with van der Waals surface area (Å²) in [7, 11) is 0. The van der Waals surface area contributed by atoms with Crippen LogP contribution in [-0.2, 0) is 9.53 Å². The second kappa shape index (κ2) is 5.53. The van der Waals surface area contributed by atoms with E-state index >= 15 is 0 Å². The molecule has 18 heavy (non-hydrogen) atoms. The minimum Gasteiger partial charge on any atom is -0.454 e. The van der Waals surface area contributed by atoms with Crippen LogP contribution >= 0.6 is 0 Å². The molecular weight excluding hydrogens is 228 g/mol. The van der Waals surface area contributed by atoms with Crippen molar-refractivity contribution in [1.29, 1.82) is 0 Å². The first-order chi connectivity index (χ1) is 8.61. The highest BCUT2D eigenvalue weighted by Crippen LogP contribution is 2.34. The Morgan fingerprint density at radius 3 is 3.00 bits per heavy atom. The number of hydrogen-bond donors (Lipinski definition) is 1. The van der Waals surface area contributed by atoms with Crippen molar-refractivity contribution < 1.29 is 14.6 Å². The largest absolute Gasteiger partial charge is 0.454 e. The van der Waals surface area contributed by atoms with Gasteiger partial charge in [-0.15, -0.1) is 0 Å². The van der Waals surface area contributed by atoms with Crippen LogP contribution < -0.4 is 0 Å². The van der Waals surface area contributed by atoms with Crippen molar-refractivity contribution in [2.45, 2.75) is 38.7 Å². The molecule has 0 spiro atoms. The summed E-state index contributed by atoms with van der Waals surface area (Å²) in [5.74, 6) is -0.236. The number of rotatable bonds is 1. The fourth-order valence-electron chi connectivity index (χ4n) is 2.56. The Kier molecular flexibility index (Phi) is 4.02. The molecule has 0 radical (unpaired) electrons. The van der Waals surface area contributed by atoms with E-state index in [0.717, 1.165) is 31.3 Å². The van der Waals surface area contributed by atoms with Gasteiger partial charge in [-0.25, -0.2) is 4.79 Å². The van der Waals surface area contributed by atoms with Crippen LogP contribution in [0.25, 0.3) is 0 Å². The SMILES string of the molecule is C=C1C(=O)OC2C=C(CO)CCC=C(C)CCC12. The first kappa shape index (κ1) is 13.1. The van der Waals surface area contributed by atoms with Gasteiger partial charge < -0.3 is 9.84 Å². The topological polar surface area (TPSA) is 46.5 Å². The van der Waals surface area contributed by atoms with E-state index in [1.54, 1.807) is 0 Å². The van der Waals surface area contributed by atoms with Crippen molar-refractivity contribution in [2.24, 2.45) is 5.92 Å². The van der Waals surface area contributed by atoms with Gasteiger partial charge in [-0.3, -0.25) is 0 Å². The van der Waals surface area contributed by atoms with Gasteiger partial charge in [0.15, 0.2) is 0 Å². The van der Waals surface area contributed by atoms with Crippen LogP contribution in [0, 0.1) is 5.92 Å². The molecule has 0 aromatic carbocycles. The predicted molar refractivity (Wildman–Crippen MR) is 69.9 cm³/mol. The number of carbonyl (C=O) groups is 1. The number of hydrogen-bond acceptors (Lipinski definition) is 3. The smallest absolute Gasteiger partial charge is 0.334 e. The summed E-state index contributed by atoms with van der Waals surface area (Å²) < 4.78 is 5.33. The number of allylic oxidation sites excluding steroid dienone is 2. The molecule has 2 atom stereocenters. The maximum atomic E-state index is 11.6. The molecule has 3 heteroatoms. The lowest BCUT2D eigenvalue weighted by Gasteiger charge is -2.17. The molecule has 2 rings (SSSR count). The molecule has 1 saturated heterocycles. The zero-order valence-corrected chi connectivity index (χ0v) is 10.8. The van der Waals surface area contributed by atoms with Crippen LogP contribution in [0.4, 0.5) is 0 Å².